The van der Waals surface area contributed by atoms with Crippen LogP contribution in [-0.2, 0) is 6.67 Å². The first kappa shape index (κ1) is 18.4. The van der Waals surface area contributed by atoms with Crippen molar-refractivity contribution in [1.82, 2.24) is 0 Å². The Kier molecular flexibility index (Phi) is 10.3. The van der Waals surface area contributed by atoms with Gasteiger partial charge in [-0.05, 0) is 24.0 Å². The number of hydrogen-bond donors (Lipinski definition) is 0. The van der Waals surface area contributed by atoms with Gasteiger partial charge in [-0.25, -0.2) is 4.39 Å². The maximum absolute atomic E-state index is 12.1. The molecule has 20 heavy (non-hydrogen) atoms. The van der Waals surface area contributed by atoms with Crippen molar-refractivity contribution in [1.29, 1.82) is 0 Å². The summed E-state index contributed by atoms with van der Waals surface area (Å²) in [6, 6.07) is 17.9. The molecule has 0 nitrogen and oxygen atoms in total. The second kappa shape index (κ2) is 11.2. The van der Waals surface area contributed by atoms with Gasteiger partial charge in [-0.15, -0.1) is 0 Å². The molecule has 0 spiro atoms. The maximum atomic E-state index is 12.1. The van der Waals surface area contributed by atoms with Crippen molar-refractivity contribution in [3.8, 4) is 0 Å². The zero-order chi connectivity index (χ0) is 15.4. The van der Waals surface area contributed by atoms with Crippen molar-refractivity contribution in [3.63, 3.8) is 0 Å². The van der Waals surface area contributed by atoms with Gasteiger partial charge in [0.05, 0.1) is 0 Å². The minimum atomic E-state index is -0.363. The van der Waals surface area contributed by atoms with Gasteiger partial charge in [0.2, 0.25) is 0 Å². The Balaban J connectivity index is 0.000000345. The largest absolute Gasteiger partial charge is 0.246 e. The molecule has 0 aromatic heterocycles. The first-order chi connectivity index (χ1) is 9.63. The van der Waals surface area contributed by atoms with E-state index in [0.717, 1.165) is 5.56 Å². The first-order valence-electron chi connectivity index (χ1n) is 7.30. The van der Waals surface area contributed by atoms with E-state index in [-0.39, 0.29) is 6.67 Å². The molecular formula is C19H27F. The van der Waals surface area contributed by atoms with Crippen LogP contribution in [0.25, 0.3) is 0 Å². The van der Waals surface area contributed by atoms with Crippen molar-refractivity contribution in [2.75, 3.05) is 0 Å². The van der Waals surface area contributed by atoms with Crippen molar-refractivity contribution in [3.05, 3.63) is 71.3 Å². The second-order valence-corrected chi connectivity index (χ2v) is 4.68. The average molecular weight is 274 g/mol. The molecule has 0 heterocycles. The highest BCUT2D eigenvalue weighted by molar-refractivity contribution is 5.24. The van der Waals surface area contributed by atoms with Gasteiger partial charge >= 0.3 is 0 Å². The number of benzene rings is 2. The van der Waals surface area contributed by atoms with E-state index in [4.69, 9.17) is 0 Å². The highest BCUT2D eigenvalue weighted by Crippen LogP contribution is 2.14. The SMILES string of the molecule is CC.CC(C)c1ccc(CF)cc1.Cc1ccccc1. The third-order valence-corrected chi connectivity index (χ3v) is 2.74. The highest BCUT2D eigenvalue weighted by Gasteiger charge is 1.97. The molecule has 0 aliphatic carbocycles. The van der Waals surface area contributed by atoms with E-state index in [1.54, 1.807) is 0 Å². The van der Waals surface area contributed by atoms with Gasteiger partial charge in [0.1, 0.15) is 6.67 Å². The van der Waals surface area contributed by atoms with Crippen LogP contribution in [0.5, 0.6) is 0 Å². The number of halogens is 1. The van der Waals surface area contributed by atoms with Crippen LogP contribution in [0.15, 0.2) is 54.6 Å². The van der Waals surface area contributed by atoms with E-state index < -0.39 is 0 Å². The fourth-order valence-corrected chi connectivity index (χ4v) is 1.53. The Bertz CT molecular complexity index is 429. The zero-order valence-electron chi connectivity index (χ0n) is 13.4. The van der Waals surface area contributed by atoms with Crippen molar-refractivity contribution < 1.29 is 4.39 Å². The Labute approximate surface area is 123 Å². The van der Waals surface area contributed by atoms with Crippen molar-refractivity contribution in [2.24, 2.45) is 0 Å². The lowest BCUT2D eigenvalue weighted by atomic mass is 10.0. The predicted octanol–water partition coefficient (Wildman–Crippen LogP) is 6.30. The number of alkyl halides is 1. The third kappa shape index (κ3) is 7.73. The normalized spacial score (nSPS) is 9.15. The molecule has 0 aliphatic rings. The molecule has 0 atom stereocenters. The van der Waals surface area contributed by atoms with Gasteiger partial charge < -0.3 is 0 Å². The Morgan fingerprint density at radius 1 is 0.850 bits per heavy atom. The van der Waals surface area contributed by atoms with E-state index in [2.05, 4.69) is 32.9 Å². The van der Waals surface area contributed by atoms with Gasteiger partial charge in [-0.1, -0.05) is 87.9 Å². The molecule has 110 valence electrons. The quantitative estimate of drug-likeness (QED) is 0.602. The summed E-state index contributed by atoms with van der Waals surface area (Å²) >= 11 is 0. The second-order valence-electron chi connectivity index (χ2n) is 4.68. The molecule has 0 saturated heterocycles. The third-order valence-electron chi connectivity index (χ3n) is 2.74. The highest BCUT2D eigenvalue weighted by atomic mass is 19.1. The predicted molar refractivity (Wildman–Crippen MR) is 87.9 cm³/mol. The van der Waals surface area contributed by atoms with Crippen LogP contribution >= 0.6 is 0 Å². The monoisotopic (exact) mass is 274 g/mol. The van der Waals surface area contributed by atoms with Gasteiger partial charge in [0.15, 0.2) is 0 Å². The smallest absolute Gasteiger partial charge is 0.115 e. The van der Waals surface area contributed by atoms with Crippen molar-refractivity contribution >= 4 is 0 Å². The van der Waals surface area contributed by atoms with Crippen LogP contribution in [0.3, 0.4) is 0 Å². The lowest BCUT2D eigenvalue weighted by Crippen LogP contribution is -1.86. The van der Waals surface area contributed by atoms with Crippen LogP contribution in [0.1, 0.15) is 50.3 Å². The van der Waals surface area contributed by atoms with Crippen LogP contribution in [-0.4, -0.2) is 0 Å². The molecule has 2 rings (SSSR count). The fourth-order valence-electron chi connectivity index (χ4n) is 1.53. The zero-order valence-corrected chi connectivity index (χ0v) is 13.4. The fraction of sp³-hybridized carbons (Fsp3) is 0.368. The van der Waals surface area contributed by atoms with Gasteiger partial charge in [0, 0.05) is 0 Å². The summed E-state index contributed by atoms with van der Waals surface area (Å²) < 4.78 is 12.1. The number of rotatable bonds is 2. The topological polar surface area (TPSA) is 0 Å². The minimum Gasteiger partial charge on any atom is -0.246 e. The Hall–Kier alpha value is -1.63. The summed E-state index contributed by atoms with van der Waals surface area (Å²) in [7, 11) is 0. The molecule has 0 aliphatic heterocycles. The number of hydrogen-bond acceptors (Lipinski definition) is 0. The standard InChI is InChI=1S/C10H13F.C7H8.C2H6/c1-8(2)10-5-3-9(7-11)4-6-10;1-7-5-3-2-4-6-7;1-2/h3-6,8H,7H2,1-2H3;2-6H,1H3;1-2H3. The van der Waals surface area contributed by atoms with Crippen molar-refractivity contribution in [2.45, 2.75) is 47.2 Å². The number of aryl methyl sites for hydroxylation is 1. The first-order valence-corrected chi connectivity index (χ1v) is 7.30. The summed E-state index contributed by atoms with van der Waals surface area (Å²) in [5, 5.41) is 0. The molecule has 0 fully saturated rings. The summed E-state index contributed by atoms with van der Waals surface area (Å²) in [6.07, 6.45) is 0. The van der Waals surface area contributed by atoms with Gasteiger partial charge in [-0.3, -0.25) is 0 Å². The van der Waals surface area contributed by atoms with E-state index in [1.165, 1.54) is 11.1 Å². The molecule has 0 amide bonds. The molecule has 0 bridgehead atoms. The van der Waals surface area contributed by atoms with E-state index in [0.29, 0.717) is 5.92 Å². The average Bonchev–Trinajstić information content (AvgIpc) is 2.51. The van der Waals surface area contributed by atoms with Crippen LogP contribution in [0.2, 0.25) is 0 Å². The van der Waals surface area contributed by atoms with Crippen LogP contribution in [0.4, 0.5) is 4.39 Å². The molecule has 0 saturated carbocycles. The molecule has 2 aromatic rings. The molecule has 0 radical (unpaired) electrons. The maximum Gasteiger partial charge on any atom is 0.115 e. The van der Waals surface area contributed by atoms with E-state index in [1.807, 2.05) is 56.3 Å². The van der Waals surface area contributed by atoms with Gasteiger partial charge in [0.25, 0.3) is 0 Å². The molecular weight excluding hydrogens is 247 g/mol. The van der Waals surface area contributed by atoms with Crippen LogP contribution < -0.4 is 0 Å². The molecule has 1 heteroatoms. The summed E-state index contributed by atoms with van der Waals surface area (Å²) in [6.45, 7) is 9.98. The molecule has 0 unspecified atom stereocenters. The van der Waals surface area contributed by atoms with Crippen LogP contribution in [0, 0.1) is 6.92 Å². The molecule has 2 aromatic carbocycles. The summed E-state index contributed by atoms with van der Waals surface area (Å²) in [5.74, 6) is 0.531. The summed E-state index contributed by atoms with van der Waals surface area (Å²) in [4.78, 5) is 0. The van der Waals surface area contributed by atoms with Gasteiger partial charge in [-0.2, -0.15) is 0 Å². The minimum absolute atomic E-state index is 0.363. The lowest BCUT2D eigenvalue weighted by Gasteiger charge is -2.04. The Morgan fingerprint density at radius 2 is 1.35 bits per heavy atom. The lowest BCUT2D eigenvalue weighted by molar-refractivity contribution is 0.485. The summed E-state index contributed by atoms with van der Waals surface area (Å²) in [5.41, 5.74) is 3.35. The van der Waals surface area contributed by atoms with E-state index >= 15 is 0 Å². The van der Waals surface area contributed by atoms with E-state index in [9.17, 15) is 4.39 Å². The molecule has 0 N–H and O–H groups in total. The Morgan fingerprint density at radius 3 is 1.65 bits per heavy atom.